The van der Waals surface area contributed by atoms with E-state index in [-0.39, 0.29) is 57.6 Å². The van der Waals surface area contributed by atoms with Gasteiger partial charge in [0.1, 0.15) is 42.0 Å². The van der Waals surface area contributed by atoms with Crippen LogP contribution in [0, 0.1) is 24.5 Å². The van der Waals surface area contributed by atoms with E-state index in [2.05, 4.69) is 35.2 Å². The molecule has 0 aliphatic heterocycles. The molecule has 14 nitrogen and oxygen atoms in total. The van der Waals surface area contributed by atoms with Gasteiger partial charge in [-0.3, -0.25) is 23.5 Å². The van der Waals surface area contributed by atoms with Crippen molar-refractivity contribution in [3.05, 3.63) is 122 Å². The van der Waals surface area contributed by atoms with Crippen LogP contribution in [0.25, 0.3) is 27.6 Å². The highest BCUT2D eigenvalue weighted by Gasteiger charge is 2.67. The van der Waals surface area contributed by atoms with Crippen molar-refractivity contribution in [1.29, 1.82) is 0 Å². The van der Waals surface area contributed by atoms with Crippen molar-refractivity contribution in [2.45, 2.75) is 57.2 Å². The number of amides is 1. The summed E-state index contributed by atoms with van der Waals surface area (Å²) in [6, 6.07) is 7.09. The number of hydrogen-bond donors (Lipinski definition) is 2. The second kappa shape index (κ2) is 15.6. The van der Waals surface area contributed by atoms with Crippen LogP contribution in [0.5, 0.6) is 5.88 Å². The smallest absolute Gasteiger partial charge is 0.293 e. The molecule has 5 aromatic heterocycles. The SMILES string of the molecule is CSNc1nn(C)c2c(-n3c(C(Cc4cc(F)cc(F)c4)NC(=O)Cn4nc(C(F)F)c5c4C(F)(F)C4CC54)nc4nc(OCc5ncc(C)cn5)ccc4c3=O)ccc(Cl)c12. The summed E-state index contributed by atoms with van der Waals surface area (Å²) in [7, 11) is 1.61. The van der Waals surface area contributed by atoms with Crippen LogP contribution in [-0.2, 0) is 37.3 Å². The fraction of sp³-hybridized carbons (Fsp3) is 0.300. The number of carbonyl (C=O) groups excluding carboxylic acids is 1. The molecule has 9 rings (SSSR count). The standard InChI is InChI=1S/C40H32ClF6N11O3S/c1-17-13-48-27(49-14-17)16-61-29-7-4-21-36(51-29)52-38(58(39(21)60)26-6-5-24(41)31-33(26)56(2)54-37(31)55-62-3)25(10-18-8-19(42)11-20(43)9-18)50-28(59)15-57-34-30(32(53-57)35(44)45)22-12-23(22)40(34,46)47/h4-9,11,13-14,22-23,25,35H,10,12,15-16H2,1-3H3,(H,50,59)(H,54,55). The van der Waals surface area contributed by atoms with E-state index < -0.39 is 77.7 Å². The number of alkyl halides is 4. The van der Waals surface area contributed by atoms with Crippen molar-refractivity contribution < 1.29 is 35.9 Å². The zero-order valence-corrected chi connectivity index (χ0v) is 34.2. The Balaban J connectivity index is 1.21. The highest BCUT2D eigenvalue weighted by molar-refractivity contribution is 7.99. The predicted octanol–water partition coefficient (Wildman–Crippen LogP) is 7.41. The molecule has 5 heterocycles. The quantitative estimate of drug-likeness (QED) is 0.0877. The number of ether oxygens (including phenoxy) is 1. The van der Waals surface area contributed by atoms with Gasteiger partial charge in [-0.15, -0.1) is 0 Å². The number of nitrogens with zero attached hydrogens (tertiary/aromatic N) is 9. The molecular formula is C40H32ClF6N11O3S. The van der Waals surface area contributed by atoms with Gasteiger partial charge in [0.15, 0.2) is 17.3 Å². The van der Waals surface area contributed by atoms with E-state index in [1.807, 2.05) is 6.92 Å². The summed E-state index contributed by atoms with van der Waals surface area (Å²) in [6.07, 6.45) is 1.38. The number of anilines is 1. The average molecular weight is 896 g/mol. The van der Waals surface area contributed by atoms with Crippen LogP contribution in [0.15, 0.2) is 59.7 Å². The molecule has 0 spiro atoms. The fourth-order valence-corrected chi connectivity index (χ4v) is 8.66. The maximum absolute atomic E-state index is 15.5. The molecule has 2 N–H and O–H groups in total. The molecule has 1 saturated carbocycles. The van der Waals surface area contributed by atoms with Gasteiger partial charge >= 0.3 is 0 Å². The van der Waals surface area contributed by atoms with Crippen LogP contribution in [-0.4, -0.2) is 56.2 Å². The molecule has 0 bridgehead atoms. The van der Waals surface area contributed by atoms with Crippen molar-refractivity contribution in [2.24, 2.45) is 13.0 Å². The van der Waals surface area contributed by atoms with Crippen LogP contribution in [0.1, 0.15) is 64.5 Å². The van der Waals surface area contributed by atoms with E-state index in [4.69, 9.17) is 21.3 Å². The Kier molecular flexibility index (Phi) is 10.4. The Hall–Kier alpha value is -6.22. The Morgan fingerprint density at radius 1 is 1.06 bits per heavy atom. The lowest BCUT2D eigenvalue weighted by Gasteiger charge is -2.24. The highest BCUT2D eigenvalue weighted by Crippen LogP contribution is 2.68. The minimum atomic E-state index is -3.52. The number of nitrogens with one attached hydrogen (secondary N) is 2. The monoisotopic (exact) mass is 895 g/mol. The molecule has 1 amide bonds. The van der Waals surface area contributed by atoms with Crippen LogP contribution in [0.4, 0.5) is 32.2 Å². The summed E-state index contributed by atoms with van der Waals surface area (Å²) < 4.78 is 101. The Morgan fingerprint density at radius 3 is 2.52 bits per heavy atom. The Morgan fingerprint density at radius 2 is 1.81 bits per heavy atom. The van der Waals surface area contributed by atoms with Gasteiger partial charge in [0.2, 0.25) is 11.8 Å². The number of hydrogen-bond acceptors (Lipinski definition) is 11. The van der Waals surface area contributed by atoms with Crippen molar-refractivity contribution in [1.82, 2.24) is 49.4 Å². The van der Waals surface area contributed by atoms with Crippen molar-refractivity contribution >= 4 is 57.2 Å². The second-order valence-corrected chi connectivity index (χ2v) is 16.0. The number of aryl methyl sites for hydroxylation is 2. The summed E-state index contributed by atoms with van der Waals surface area (Å²) in [5, 5.41) is 11.7. The highest BCUT2D eigenvalue weighted by atomic mass is 35.5. The minimum absolute atomic E-state index is 0.00308. The first-order valence-electron chi connectivity index (χ1n) is 18.9. The van der Waals surface area contributed by atoms with Crippen LogP contribution in [0.2, 0.25) is 5.02 Å². The summed E-state index contributed by atoms with van der Waals surface area (Å²) >= 11 is 7.94. The minimum Gasteiger partial charge on any atom is -0.469 e. The molecule has 3 atom stereocenters. The summed E-state index contributed by atoms with van der Waals surface area (Å²) in [5.74, 6) is -7.98. The lowest BCUT2D eigenvalue weighted by molar-refractivity contribution is -0.123. The first kappa shape index (κ1) is 41.1. The van der Waals surface area contributed by atoms with Gasteiger partial charge in [-0.2, -0.15) is 24.0 Å². The van der Waals surface area contributed by atoms with Crippen molar-refractivity contribution in [3.8, 4) is 11.6 Å². The van der Waals surface area contributed by atoms with Crippen LogP contribution < -0.4 is 20.3 Å². The van der Waals surface area contributed by atoms with E-state index in [1.165, 1.54) is 40.9 Å². The zero-order chi connectivity index (χ0) is 43.8. The fourth-order valence-electron chi connectivity index (χ4n) is 8.08. The van der Waals surface area contributed by atoms with E-state index in [1.54, 1.807) is 25.7 Å². The molecule has 7 aromatic rings. The summed E-state index contributed by atoms with van der Waals surface area (Å²) in [6.45, 7) is 0.763. The molecule has 2 aliphatic rings. The van der Waals surface area contributed by atoms with Crippen molar-refractivity contribution in [2.75, 3.05) is 11.0 Å². The van der Waals surface area contributed by atoms with E-state index in [9.17, 15) is 27.2 Å². The van der Waals surface area contributed by atoms with Gasteiger partial charge in [0, 0.05) is 55.7 Å². The molecule has 3 unspecified atom stereocenters. The van der Waals surface area contributed by atoms with Crippen molar-refractivity contribution in [3.63, 3.8) is 0 Å². The molecule has 0 saturated heterocycles. The maximum atomic E-state index is 15.5. The number of halogens is 7. The normalized spacial score (nSPS) is 16.8. The topological polar surface area (TPSA) is 160 Å². The lowest BCUT2D eigenvalue weighted by atomic mass is 10.0. The number of pyridine rings is 1. The first-order chi connectivity index (χ1) is 29.6. The largest absolute Gasteiger partial charge is 0.469 e. The second-order valence-electron chi connectivity index (χ2n) is 14.9. The van der Waals surface area contributed by atoms with E-state index >= 15 is 8.78 Å². The first-order valence-corrected chi connectivity index (χ1v) is 20.5. The van der Waals surface area contributed by atoms with Gasteiger partial charge in [-0.25, -0.2) is 32.5 Å². The number of rotatable bonds is 13. The van der Waals surface area contributed by atoms with Crippen LogP contribution in [0.3, 0.4) is 0 Å². The van der Waals surface area contributed by atoms with Gasteiger partial charge in [0.25, 0.3) is 17.9 Å². The zero-order valence-electron chi connectivity index (χ0n) is 32.6. The maximum Gasteiger partial charge on any atom is 0.293 e. The number of aromatic nitrogens is 9. The third kappa shape index (κ3) is 7.25. The number of carbonyl (C=O) groups is 1. The third-order valence-corrected chi connectivity index (χ3v) is 11.5. The Bertz CT molecular complexity index is 2980. The van der Waals surface area contributed by atoms with E-state index in [0.717, 1.165) is 22.3 Å². The molecule has 62 heavy (non-hydrogen) atoms. The average Bonchev–Trinajstić information content (AvgIpc) is 3.75. The third-order valence-electron chi connectivity index (χ3n) is 10.7. The molecule has 1 fully saturated rings. The van der Waals surface area contributed by atoms with E-state index in [0.29, 0.717) is 33.3 Å². The molecule has 2 aliphatic carbocycles. The number of benzene rings is 2. The molecule has 2 aromatic carbocycles. The predicted molar refractivity (Wildman–Crippen MR) is 216 cm³/mol. The number of fused-ring (bicyclic) bond motifs is 5. The van der Waals surface area contributed by atoms with Crippen LogP contribution >= 0.6 is 23.5 Å². The van der Waals surface area contributed by atoms with Gasteiger partial charge in [0.05, 0.1) is 33.0 Å². The Labute approximate surface area is 355 Å². The molecule has 22 heteroatoms. The summed E-state index contributed by atoms with van der Waals surface area (Å²) in [5.41, 5.74) is -1.43. The molecular weight excluding hydrogens is 864 g/mol. The molecule has 0 radical (unpaired) electrons. The van der Waals surface area contributed by atoms with Gasteiger partial charge in [-0.05, 0) is 60.7 Å². The van der Waals surface area contributed by atoms with Gasteiger partial charge in [-0.1, -0.05) is 23.5 Å². The summed E-state index contributed by atoms with van der Waals surface area (Å²) in [4.78, 5) is 46.8. The van der Waals surface area contributed by atoms with Gasteiger partial charge < -0.3 is 14.8 Å². The molecule has 320 valence electrons. The lowest BCUT2D eigenvalue weighted by Crippen LogP contribution is -2.38.